The molecule has 2 aromatic rings. The summed E-state index contributed by atoms with van der Waals surface area (Å²) in [5.74, 6) is 1.08. The van der Waals surface area contributed by atoms with Crippen LogP contribution in [-0.4, -0.2) is 23.9 Å². The highest BCUT2D eigenvalue weighted by atomic mass is 16.6. The van der Waals surface area contributed by atoms with Gasteiger partial charge < -0.3 is 9.64 Å². The first-order chi connectivity index (χ1) is 10.1. The van der Waals surface area contributed by atoms with E-state index in [9.17, 15) is 10.1 Å². The molecule has 0 N–H and O–H groups in total. The quantitative estimate of drug-likeness (QED) is 0.617. The first kappa shape index (κ1) is 14.6. The van der Waals surface area contributed by atoms with Gasteiger partial charge in [0.2, 0.25) is 0 Å². The molecule has 0 aromatic heterocycles. The van der Waals surface area contributed by atoms with Crippen LogP contribution < -0.4 is 4.74 Å². The molecule has 0 aliphatic rings. The Hall–Kier alpha value is -2.82. The Bertz CT molecular complexity index is 652. The van der Waals surface area contributed by atoms with Gasteiger partial charge in [0.05, 0.1) is 16.6 Å². The number of hydrogen-bond acceptors (Lipinski definition) is 4. The summed E-state index contributed by atoms with van der Waals surface area (Å²) < 4.78 is 5.61. The Morgan fingerprint density at radius 3 is 2.43 bits per heavy atom. The van der Waals surface area contributed by atoms with Crippen molar-refractivity contribution in [2.24, 2.45) is 0 Å². The highest BCUT2D eigenvalue weighted by molar-refractivity contribution is 5.62. The molecule has 5 heteroatoms. The summed E-state index contributed by atoms with van der Waals surface area (Å²) in [7, 11) is 3.71. The second-order valence-electron chi connectivity index (χ2n) is 4.67. The van der Waals surface area contributed by atoms with Crippen LogP contribution in [0.5, 0.6) is 11.5 Å². The number of rotatable bonds is 5. The normalized spacial score (nSPS) is 10.6. The SMILES string of the molecule is CN(C)/C=C/c1ccc(Oc2ccccc2)cc1[N+](=O)[O-]. The van der Waals surface area contributed by atoms with Crippen molar-refractivity contribution in [1.29, 1.82) is 0 Å². The molecule has 0 amide bonds. The van der Waals surface area contributed by atoms with Crippen LogP contribution >= 0.6 is 0 Å². The summed E-state index contributed by atoms with van der Waals surface area (Å²) in [6.45, 7) is 0. The Labute approximate surface area is 123 Å². The molecule has 0 fully saturated rings. The van der Waals surface area contributed by atoms with Gasteiger partial charge in [-0.25, -0.2) is 0 Å². The lowest BCUT2D eigenvalue weighted by molar-refractivity contribution is -0.385. The number of para-hydroxylation sites is 1. The van der Waals surface area contributed by atoms with Gasteiger partial charge in [0, 0.05) is 14.1 Å². The topological polar surface area (TPSA) is 55.6 Å². The van der Waals surface area contributed by atoms with Crippen LogP contribution in [0.3, 0.4) is 0 Å². The molecule has 0 bridgehead atoms. The van der Waals surface area contributed by atoms with Crippen LogP contribution in [-0.2, 0) is 0 Å². The number of nitro benzene ring substituents is 1. The Kier molecular flexibility index (Phi) is 4.56. The fraction of sp³-hybridized carbons (Fsp3) is 0.125. The molecule has 0 saturated carbocycles. The summed E-state index contributed by atoms with van der Waals surface area (Å²) in [5.41, 5.74) is 0.552. The Morgan fingerprint density at radius 1 is 1.10 bits per heavy atom. The number of nitrogens with zero attached hydrogens (tertiary/aromatic N) is 2. The van der Waals surface area contributed by atoms with E-state index in [1.54, 1.807) is 36.5 Å². The highest BCUT2D eigenvalue weighted by Crippen LogP contribution is 2.29. The van der Waals surface area contributed by atoms with Gasteiger partial charge in [-0.1, -0.05) is 18.2 Å². The molecular weight excluding hydrogens is 268 g/mol. The van der Waals surface area contributed by atoms with Crippen molar-refractivity contribution in [1.82, 2.24) is 4.90 Å². The minimum Gasteiger partial charge on any atom is -0.457 e. The van der Waals surface area contributed by atoms with Crippen molar-refractivity contribution in [2.45, 2.75) is 0 Å². The van der Waals surface area contributed by atoms with Crippen molar-refractivity contribution in [3.05, 3.63) is 70.4 Å². The van der Waals surface area contributed by atoms with E-state index < -0.39 is 4.92 Å². The Morgan fingerprint density at radius 2 is 1.81 bits per heavy atom. The third-order valence-corrected chi connectivity index (χ3v) is 2.73. The summed E-state index contributed by atoms with van der Waals surface area (Å²) in [5, 5.41) is 11.2. The predicted octanol–water partition coefficient (Wildman–Crippen LogP) is 3.92. The summed E-state index contributed by atoms with van der Waals surface area (Å²) in [6, 6.07) is 14.0. The molecule has 0 aliphatic heterocycles. The summed E-state index contributed by atoms with van der Waals surface area (Å²) >= 11 is 0. The average Bonchev–Trinajstić information content (AvgIpc) is 2.46. The minimum atomic E-state index is -0.410. The van der Waals surface area contributed by atoms with Gasteiger partial charge in [-0.2, -0.15) is 0 Å². The number of hydrogen-bond donors (Lipinski definition) is 0. The standard InChI is InChI=1S/C16H16N2O3/c1-17(2)11-10-13-8-9-15(12-16(13)18(19)20)21-14-6-4-3-5-7-14/h3-12H,1-2H3/b11-10+. The maximum atomic E-state index is 11.2. The van der Waals surface area contributed by atoms with E-state index in [0.717, 1.165) is 0 Å². The summed E-state index contributed by atoms with van der Waals surface area (Å²) in [6.07, 6.45) is 3.46. The molecule has 2 aromatic carbocycles. The molecule has 0 aliphatic carbocycles. The third kappa shape index (κ3) is 4.07. The van der Waals surface area contributed by atoms with Crippen LogP contribution in [0.4, 0.5) is 5.69 Å². The number of benzene rings is 2. The van der Waals surface area contributed by atoms with Gasteiger partial charge in [0.1, 0.15) is 11.5 Å². The number of ether oxygens (including phenoxy) is 1. The first-order valence-corrected chi connectivity index (χ1v) is 6.42. The van der Waals surface area contributed by atoms with Crippen molar-refractivity contribution in [3.63, 3.8) is 0 Å². The minimum absolute atomic E-state index is 0.0153. The monoisotopic (exact) mass is 284 g/mol. The fourth-order valence-electron chi connectivity index (χ4n) is 1.74. The molecule has 0 spiro atoms. The smallest absolute Gasteiger partial charge is 0.280 e. The van der Waals surface area contributed by atoms with E-state index in [-0.39, 0.29) is 5.69 Å². The van der Waals surface area contributed by atoms with Crippen LogP contribution in [0.25, 0.3) is 6.08 Å². The summed E-state index contributed by atoms with van der Waals surface area (Å²) in [4.78, 5) is 12.6. The van der Waals surface area contributed by atoms with E-state index in [0.29, 0.717) is 17.1 Å². The zero-order chi connectivity index (χ0) is 15.2. The van der Waals surface area contributed by atoms with Crippen molar-refractivity contribution >= 4 is 11.8 Å². The van der Waals surface area contributed by atoms with Crippen LogP contribution in [0.15, 0.2) is 54.7 Å². The van der Waals surface area contributed by atoms with Gasteiger partial charge in [-0.15, -0.1) is 0 Å². The van der Waals surface area contributed by atoms with Gasteiger partial charge in [-0.05, 0) is 36.5 Å². The van der Waals surface area contributed by atoms with Gasteiger partial charge in [-0.3, -0.25) is 10.1 Å². The second kappa shape index (κ2) is 6.56. The van der Waals surface area contributed by atoms with E-state index in [1.807, 2.05) is 37.2 Å². The molecule has 5 nitrogen and oxygen atoms in total. The molecule has 2 rings (SSSR count). The fourth-order valence-corrected chi connectivity index (χ4v) is 1.74. The molecule has 108 valence electrons. The third-order valence-electron chi connectivity index (χ3n) is 2.73. The lowest BCUT2D eigenvalue weighted by atomic mass is 10.1. The predicted molar refractivity (Wildman–Crippen MR) is 82.3 cm³/mol. The van der Waals surface area contributed by atoms with Gasteiger partial charge >= 0.3 is 0 Å². The molecule has 0 heterocycles. The van der Waals surface area contributed by atoms with Crippen molar-refractivity contribution < 1.29 is 9.66 Å². The lowest BCUT2D eigenvalue weighted by Gasteiger charge is -2.07. The zero-order valence-corrected chi connectivity index (χ0v) is 11.9. The number of nitro groups is 1. The lowest BCUT2D eigenvalue weighted by Crippen LogP contribution is -2.00. The largest absolute Gasteiger partial charge is 0.457 e. The van der Waals surface area contributed by atoms with Crippen molar-refractivity contribution in [2.75, 3.05) is 14.1 Å². The second-order valence-corrected chi connectivity index (χ2v) is 4.67. The highest BCUT2D eigenvalue weighted by Gasteiger charge is 2.13. The molecule has 0 unspecified atom stereocenters. The van der Waals surface area contributed by atoms with E-state index in [2.05, 4.69) is 0 Å². The first-order valence-electron chi connectivity index (χ1n) is 6.42. The van der Waals surface area contributed by atoms with Gasteiger partial charge in [0.25, 0.3) is 5.69 Å². The maximum Gasteiger partial charge on any atom is 0.280 e. The van der Waals surface area contributed by atoms with Crippen LogP contribution in [0.1, 0.15) is 5.56 Å². The van der Waals surface area contributed by atoms with E-state index >= 15 is 0 Å². The molecule has 0 saturated heterocycles. The molecule has 21 heavy (non-hydrogen) atoms. The van der Waals surface area contributed by atoms with E-state index in [4.69, 9.17) is 4.74 Å². The van der Waals surface area contributed by atoms with Gasteiger partial charge in [0.15, 0.2) is 0 Å². The Balaban J connectivity index is 2.30. The molecule has 0 radical (unpaired) electrons. The van der Waals surface area contributed by atoms with Crippen LogP contribution in [0, 0.1) is 10.1 Å². The van der Waals surface area contributed by atoms with Crippen molar-refractivity contribution in [3.8, 4) is 11.5 Å². The van der Waals surface area contributed by atoms with Crippen LogP contribution in [0.2, 0.25) is 0 Å². The average molecular weight is 284 g/mol. The molecule has 0 atom stereocenters. The zero-order valence-electron chi connectivity index (χ0n) is 11.9. The molecular formula is C16H16N2O3. The maximum absolute atomic E-state index is 11.2. The van der Waals surface area contributed by atoms with E-state index in [1.165, 1.54) is 6.07 Å².